The summed E-state index contributed by atoms with van der Waals surface area (Å²) in [6.45, 7) is 7.10. The number of amides is 3. The highest BCUT2D eigenvalue weighted by atomic mass is 16.6. The highest BCUT2D eigenvalue weighted by Gasteiger charge is 2.22. The second-order valence-corrected chi connectivity index (χ2v) is 12.9. The number of fused-ring (bicyclic) bond motifs is 2. The van der Waals surface area contributed by atoms with Gasteiger partial charge in [0.2, 0.25) is 0 Å². The number of nitrogens with zero attached hydrogens (tertiary/aromatic N) is 2. The third-order valence-electron chi connectivity index (χ3n) is 8.70. The van der Waals surface area contributed by atoms with Crippen molar-refractivity contribution in [1.29, 1.82) is 0 Å². The third kappa shape index (κ3) is 12.2. The predicted octanol–water partition coefficient (Wildman–Crippen LogP) is 7.22. The monoisotopic (exact) mass is 722 g/mol. The van der Waals surface area contributed by atoms with Gasteiger partial charge in [-0.2, -0.15) is 0 Å². The number of anilines is 2. The summed E-state index contributed by atoms with van der Waals surface area (Å²) in [4.78, 5) is 38.3. The van der Waals surface area contributed by atoms with Crippen molar-refractivity contribution in [3.05, 3.63) is 119 Å². The number of piperidine rings is 1. The number of urea groups is 1. The van der Waals surface area contributed by atoms with Crippen molar-refractivity contribution in [3.63, 3.8) is 0 Å². The molecule has 1 saturated heterocycles. The fraction of sp³-hybridized carbons (Fsp3) is 0.310. The minimum Gasteiger partial charge on any atom is -0.493 e. The van der Waals surface area contributed by atoms with E-state index in [2.05, 4.69) is 16.6 Å². The van der Waals surface area contributed by atoms with Crippen molar-refractivity contribution in [2.24, 2.45) is 17.4 Å². The summed E-state index contributed by atoms with van der Waals surface area (Å²) in [5, 5.41) is 9.42. The molecule has 0 spiro atoms. The van der Waals surface area contributed by atoms with E-state index in [1.165, 1.54) is 31.9 Å². The lowest BCUT2D eigenvalue weighted by atomic mass is 9.97. The number of benzene rings is 4. The number of hydrogen-bond acceptors (Lipinski definition) is 8. The molecule has 2 unspecified atom stereocenters. The summed E-state index contributed by atoms with van der Waals surface area (Å²) in [6, 6.07) is 29.9. The molecule has 11 heteroatoms. The zero-order chi connectivity index (χ0) is 38.2. The number of hydrogen-bond donors (Lipinski definition) is 3. The Balaban J connectivity index is 0.000000178. The number of aryl methyl sites for hydroxylation is 1. The van der Waals surface area contributed by atoms with Crippen LogP contribution in [0.2, 0.25) is 0 Å². The predicted molar refractivity (Wildman–Crippen MR) is 209 cm³/mol. The number of carbonyl (C=O) groups is 3. The van der Waals surface area contributed by atoms with Crippen molar-refractivity contribution in [3.8, 4) is 11.5 Å². The number of carbonyl (C=O) groups excluding carboxylic acids is 3. The highest BCUT2D eigenvalue weighted by Crippen LogP contribution is 2.35. The molecular weight excluding hydrogens is 672 g/mol. The van der Waals surface area contributed by atoms with Crippen LogP contribution in [-0.2, 0) is 4.74 Å². The SMILES string of the molecule is COc1ccccc1OCC(O)COC(N)=O.Cc1ccc(C(=O)C(C)CN2CCCCC2)cc1.NC(=O)N1c2ccccc2C=Cc2ccccc21. The van der Waals surface area contributed by atoms with Crippen molar-refractivity contribution in [2.45, 2.75) is 39.2 Å². The van der Waals surface area contributed by atoms with Gasteiger partial charge < -0.3 is 35.7 Å². The van der Waals surface area contributed by atoms with E-state index in [1.807, 2.05) is 91.9 Å². The van der Waals surface area contributed by atoms with Crippen LogP contribution >= 0.6 is 0 Å². The Morgan fingerprint density at radius 1 is 0.755 bits per heavy atom. The van der Waals surface area contributed by atoms with Crippen LogP contribution in [0, 0.1) is 12.8 Å². The fourth-order valence-corrected chi connectivity index (χ4v) is 5.98. The maximum Gasteiger partial charge on any atom is 0.404 e. The first-order chi connectivity index (χ1) is 25.6. The Kier molecular flexibility index (Phi) is 15.4. The van der Waals surface area contributed by atoms with Gasteiger partial charge in [-0.05, 0) is 68.2 Å². The molecule has 4 aromatic rings. The highest BCUT2D eigenvalue weighted by molar-refractivity contribution is 6.04. The summed E-state index contributed by atoms with van der Waals surface area (Å²) >= 11 is 0. The standard InChI is InChI=1S/C16H23NO.C15H12N2O.C11H15NO5/c1-13-6-8-15(9-7-13)16(18)14(2)12-17-10-4-3-5-11-17;16-15(18)17-13-7-3-1-5-11(13)9-10-12-6-2-4-8-14(12)17;1-15-9-4-2-3-5-10(9)16-6-8(13)7-17-11(12)14/h6-9,14H,3-5,10-12H2,1-2H3;1-10H,(H2,16,18);2-5,8,13H,6-7H2,1H3,(H2,12,14). The fourth-order valence-electron chi connectivity index (χ4n) is 5.98. The van der Waals surface area contributed by atoms with Crippen molar-refractivity contribution in [1.82, 2.24) is 4.90 Å². The van der Waals surface area contributed by atoms with E-state index >= 15 is 0 Å². The van der Waals surface area contributed by atoms with Gasteiger partial charge in [-0.3, -0.25) is 9.69 Å². The number of ether oxygens (including phenoxy) is 3. The van der Waals surface area contributed by atoms with Crippen LogP contribution in [0.1, 0.15) is 53.2 Å². The smallest absolute Gasteiger partial charge is 0.404 e. The van der Waals surface area contributed by atoms with Crippen LogP contribution in [0.3, 0.4) is 0 Å². The second-order valence-electron chi connectivity index (χ2n) is 12.9. The quantitative estimate of drug-likeness (QED) is 0.145. The topological polar surface area (TPSA) is 158 Å². The molecule has 0 aromatic heterocycles. The molecule has 4 aromatic carbocycles. The molecule has 3 amide bonds. The molecule has 0 radical (unpaired) electrons. The largest absolute Gasteiger partial charge is 0.493 e. The number of methoxy groups -OCH3 is 1. The van der Waals surface area contributed by atoms with Crippen LogP contribution in [0.4, 0.5) is 21.0 Å². The third-order valence-corrected chi connectivity index (χ3v) is 8.70. The van der Waals surface area contributed by atoms with Gasteiger partial charge in [-0.25, -0.2) is 9.59 Å². The number of primary amides is 2. The summed E-state index contributed by atoms with van der Waals surface area (Å²) in [5.74, 6) is 1.45. The average Bonchev–Trinajstić information content (AvgIpc) is 3.34. The van der Waals surface area contributed by atoms with E-state index in [4.69, 9.17) is 20.9 Å². The molecule has 2 heterocycles. The molecule has 2 aliphatic heterocycles. The van der Waals surface area contributed by atoms with E-state index in [0.29, 0.717) is 11.5 Å². The summed E-state index contributed by atoms with van der Waals surface area (Å²) < 4.78 is 14.8. The Bertz CT molecular complexity index is 1770. The molecule has 0 aliphatic carbocycles. The van der Waals surface area contributed by atoms with Gasteiger partial charge in [0.05, 0.1) is 18.5 Å². The molecule has 2 atom stereocenters. The Morgan fingerprint density at radius 3 is 1.85 bits per heavy atom. The van der Waals surface area contributed by atoms with E-state index < -0.39 is 18.2 Å². The summed E-state index contributed by atoms with van der Waals surface area (Å²) in [7, 11) is 1.52. The molecule has 1 fully saturated rings. The number of rotatable bonds is 10. The lowest BCUT2D eigenvalue weighted by Gasteiger charge is -2.28. The Labute approximate surface area is 311 Å². The maximum atomic E-state index is 12.3. The van der Waals surface area contributed by atoms with Gasteiger partial charge in [0, 0.05) is 18.0 Å². The minimum atomic E-state index is -0.938. The molecule has 0 bridgehead atoms. The van der Waals surface area contributed by atoms with E-state index in [-0.39, 0.29) is 24.9 Å². The Morgan fingerprint density at radius 2 is 1.30 bits per heavy atom. The first kappa shape index (κ1) is 40.1. The number of aliphatic hydroxyl groups is 1. The lowest BCUT2D eigenvalue weighted by molar-refractivity contribution is 0.0413. The number of para-hydroxylation sites is 4. The number of aliphatic hydroxyl groups excluding tert-OH is 1. The van der Waals surface area contributed by atoms with Crippen LogP contribution in [0.25, 0.3) is 12.2 Å². The van der Waals surface area contributed by atoms with E-state index in [0.717, 1.165) is 47.7 Å². The summed E-state index contributed by atoms with van der Waals surface area (Å²) in [5.41, 5.74) is 15.9. The van der Waals surface area contributed by atoms with Gasteiger partial charge in [0.25, 0.3) is 0 Å². The molecule has 2 aliphatic rings. The van der Waals surface area contributed by atoms with Crippen LogP contribution in [0.15, 0.2) is 97.1 Å². The Hall–Kier alpha value is -5.65. The first-order valence-electron chi connectivity index (χ1n) is 17.7. The molecule has 11 nitrogen and oxygen atoms in total. The van der Waals surface area contributed by atoms with Gasteiger partial charge in [-0.15, -0.1) is 0 Å². The molecule has 6 rings (SSSR count). The molecule has 0 saturated carbocycles. The maximum absolute atomic E-state index is 12.3. The summed E-state index contributed by atoms with van der Waals surface area (Å²) in [6.07, 6.45) is 6.04. The molecule has 53 heavy (non-hydrogen) atoms. The van der Waals surface area contributed by atoms with Crippen LogP contribution in [0.5, 0.6) is 11.5 Å². The van der Waals surface area contributed by atoms with Gasteiger partial charge in [-0.1, -0.05) is 104 Å². The van der Waals surface area contributed by atoms with Crippen LogP contribution < -0.4 is 25.8 Å². The number of likely N-dealkylation sites (tertiary alicyclic amines) is 1. The van der Waals surface area contributed by atoms with Crippen molar-refractivity contribution < 1.29 is 33.7 Å². The minimum absolute atomic E-state index is 0.0202. The zero-order valence-corrected chi connectivity index (χ0v) is 30.6. The van der Waals surface area contributed by atoms with Crippen molar-refractivity contribution >= 4 is 41.4 Å². The van der Waals surface area contributed by atoms with Crippen LogP contribution in [-0.4, -0.2) is 74.0 Å². The normalized spacial score (nSPS) is 14.3. The molecule has 5 N–H and O–H groups in total. The van der Waals surface area contributed by atoms with E-state index in [1.54, 1.807) is 29.2 Å². The number of nitrogens with two attached hydrogens (primary N) is 2. The molecular formula is C42H50N4O7. The van der Waals surface area contributed by atoms with Gasteiger partial charge in [0.1, 0.15) is 19.3 Å². The van der Waals surface area contributed by atoms with E-state index in [9.17, 15) is 19.5 Å². The number of Topliss-reactive ketones (excluding diaryl/α,β-unsaturated/α-hetero) is 1. The average molecular weight is 723 g/mol. The van der Waals surface area contributed by atoms with Gasteiger partial charge >= 0.3 is 12.1 Å². The van der Waals surface area contributed by atoms with Gasteiger partial charge in [0.15, 0.2) is 17.3 Å². The van der Waals surface area contributed by atoms with Crippen molar-refractivity contribution in [2.75, 3.05) is 44.9 Å². The molecule has 280 valence electrons. The zero-order valence-electron chi connectivity index (χ0n) is 30.6. The first-order valence-corrected chi connectivity index (χ1v) is 17.7. The second kappa shape index (κ2) is 20.4. The lowest BCUT2D eigenvalue weighted by Crippen LogP contribution is -2.35. The number of ketones is 1.